The zero-order valence-corrected chi connectivity index (χ0v) is 9.79. The van der Waals surface area contributed by atoms with Crippen LogP contribution in [0.4, 0.5) is 0 Å². The Kier molecular flexibility index (Phi) is 1.97. The van der Waals surface area contributed by atoms with Gasteiger partial charge in [-0.1, -0.05) is 30.3 Å². The molecule has 16 heavy (non-hydrogen) atoms. The summed E-state index contributed by atoms with van der Waals surface area (Å²) in [5.74, 6) is 1.06. The Balaban J connectivity index is 2.22. The number of hydrogen-bond acceptors (Lipinski definition) is 1. The molecule has 0 spiro atoms. The van der Waals surface area contributed by atoms with Crippen molar-refractivity contribution in [2.45, 2.75) is 32.3 Å². The first-order valence-electron chi connectivity index (χ1n) is 5.85. The zero-order chi connectivity index (χ0) is 11.2. The van der Waals surface area contributed by atoms with Crippen LogP contribution in [-0.2, 0) is 6.42 Å². The molecule has 1 nitrogen and oxygen atoms in total. The summed E-state index contributed by atoms with van der Waals surface area (Å²) in [5.41, 5.74) is 1.35. The smallest absolute Gasteiger partial charge is 0.123 e. The molecule has 0 N–H and O–H groups in total. The average molecular weight is 212 g/mol. The van der Waals surface area contributed by atoms with Gasteiger partial charge in [0.2, 0.25) is 0 Å². The highest BCUT2D eigenvalue weighted by atomic mass is 16.5. The second kappa shape index (κ2) is 3.24. The van der Waals surface area contributed by atoms with Gasteiger partial charge in [-0.25, -0.2) is 0 Å². The van der Waals surface area contributed by atoms with Crippen molar-refractivity contribution in [2.75, 3.05) is 0 Å². The minimum absolute atomic E-state index is 0.0184. The van der Waals surface area contributed by atoms with Crippen LogP contribution >= 0.6 is 0 Å². The summed E-state index contributed by atoms with van der Waals surface area (Å²) in [4.78, 5) is 0. The Hall–Kier alpha value is -1.50. The van der Waals surface area contributed by atoms with Gasteiger partial charge in [0.25, 0.3) is 0 Å². The molecule has 3 rings (SSSR count). The van der Waals surface area contributed by atoms with Gasteiger partial charge < -0.3 is 4.74 Å². The van der Waals surface area contributed by atoms with Crippen LogP contribution in [0.5, 0.6) is 5.75 Å². The quantitative estimate of drug-likeness (QED) is 0.642. The molecule has 1 heterocycles. The number of aryl methyl sites for hydroxylation is 1. The van der Waals surface area contributed by atoms with E-state index in [-0.39, 0.29) is 5.60 Å². The van der Waals surface area contributed by atoms with E-state index in [2.05, 4.69) is 50.2 Å². The number of hydrogen-bond donors (Lipinski definition) is 0. The first-order valence-corrected chi connectivity index (χ1v) is 5.85. The van der Waals surface area contributed by atoms with Gasteiger partial charge in [0.1, 0.15) is 11.4 Å². The van der Waals surface area contributed by atoms with Crippen LogP contribution in [0.2, 0.25) is 0 Å². The summed E-state index contributed by atoms with van der Waals surface area (Å²) in [6.07, 6.45) is 2.21. The zero-order valence-electron chi connectivity index (χ0n) is 9.79. The minimum atomic E-state index is -0.0184. The van der Waals surface area contributed by atoms with E-state index in [0.717, 1.165) is 18.6 Å². The summed E-state index contributed by atoms with van der Waals surface area (Å²) in [6, 6.07) is 12.8. The molecule has 2 aromatic carbocycles. The van der Waals surface area contributed by atoms with Crippen molar-refractivity contribution >= 4 is 10.8 Å². The van der Waals surface area contributed by atoms with E-state index >= 15 is 0 Å². The largest absolute Gasteiger partial charge is 0.488 e. The number of ether oxygens (including phenoxy) is 1. The van der Waals surface area contributed by atoms with Crippen LogP contribution in [0.25, 0.3) is 10.8 Å². The molecule has 0 amide bonds. The predicted molar refractivity (Wildman–Crippen MR) is 67.0 cm³/mol. The fourth-order valence-corrected chi connectivity index (χ4v) is 2.44. The Morgan fingerprint density at radius 1 is 1.06 bits per heavy atom. The maximum Gasteiger partial charge on any atom is 0.123 e. The molecule has 0 fully saturated rings. The molecule has 2 aromatic rings. The van der Waals surface area contributed by atoms with Crippen LogP contribution in [0.1, 0.15) is 25.8 Å². The monoisotopic (exact) mass is 212 g/mol. The van der Waals surface area contributed by atoms with E-state index in [1.807, 2.05) is 0 Å². The van der Waals surface area contributed by atoms with Crippen molar-refractivity contribution in [3.8, 4) is 5.75 Å². The number of fused-ring (bicyclic) bond motifs is 3. The first kappa shape index (κ1) is 9.71. The highest BCUT2D eigenvalue weighted by Gasteiger charge is 2.27. The minimum Gasteiger partial charge on any atom is -0.488 e. The molecule has 0 radical (unpaired) electrons. The second-order valence-corrected chi connectivity index (χ2v) is 5.13. The van der Waals surface area contributed by atoms with Crippen LogP contribution in [0.15, 0.2) is 36.4 Å². The summed E-state index contributed by atoms with van der Waals surface area (Å²) in [5, 5.41) is 2.65. The molecule has 0 unspecified atom stereocenters. The van der Waals surface area contributed by atoms with Crippen LogP contribution in [-0.4, -0.2) is 5.60 Å². The van der Waals surface area contributed by atoms with Gasteiger partial charge in [-0.3, -0.25) is 0 Å². The van der Waals surface area contributed by atoms with Crippen molar-refractivity contribution in [2.24, 2.45) is 0 Å². The molecule has 0 saturated heterocycles. The Bertz CT molecular complexity index is 540. The number of benzene rings is 2. The van der Waals surface area contributed by atoms with E-state index in [1.165, 1.54) is 16.3 Å². The molecule has 0 atom stereocenters. The van der Waals surface area contributed by atoms with Gasteiger partial charge >= 0.3 is 0 Å². The van der Waals surface area contributed by atoms with Gasteiger partial charge in [0.05, 0.1) is 0 Å². The van der Waals surface area contributed by atoms with E-state index in [1.54, 1.807) is 0 Å². The highest BCUT2D eigenvalue weighted by Crippen LogP contribution is 2.37. The third-order valence-electron chi connectivity index (χ3n) is 3.36. The molecule has 1 aliphatic heterocycles. The first-order chi connectivity index (χ1) is 7.66. The SMILES string of the molecule is CC1(C)CCc2c(ccc3ccccc23)O1. The normalized spacial score (nSPS) is 17.9. The van der Waals surface area contributed by atoms with Crippen LogP contribution in [0, 0.1) is 0 Å². The maximum absolute atomic E-state index is 6.03. The standard InChI is InChI=1S/C15H16O/c1-15(2)10-9-13-12-6-4-3-5-11(12)7-8-14(13)16-15/h3-8H,9-10H2,1-2H3. The molecule has 0 aliphatic carbocycles. The molecular weight excluding hydrogens is 196 g/mol. The van der Waals surface area contributed by atoms with Crippen molar-refractivity contribution < 1.29 is 4.74 Å². The summed E-state index contributed by atoms with van der Waals surface area (Å²) in [6.45, 7) is 4.32. The van der Waals surface area contributed by atoms with Crippen molar-refractivity contribution in [3.63, 3.8) is 0 Å². The fourth-order valence-electron chi connectivity index (χ4n) is 2.44. The van der Waals surface area contributed by atoms with Gasteiger partial charge in [0, 0.05) is 5.56 Å². The lowest BCUT2D eigenvalue weighted by molar-refractivity contribution is 0.0853. The summed E-state index contributed by atoms with van der Waals surface area (Å²) in [7, 11) is 0. The Morgan fingerprint density at radius 2 is 1.88 bits per heavy atom. The maximum atomic E-state index is 6.03. The van der Waals surface area contributed by atoms with E-state index < -0.39 is 0 Å². The Labute approximate surface area is 96.0 Å². The van der Waals surface area contributed by atoms with Gasteiger partial charge in [-0.15, -0.1) is 0 Å². The van der Waals surface area contributed by atoms with Crippen LogP contribution < -0.4 is 4.74 Å². The average Bonchev–Trinajstić information content (AvgIpc) is 2.27. The molecule has 0 aromatic heterocycles. The van der Waals surface area contributed by atoms with Gasteiger partial charge in [-0.05, 0) is 43.5 Å². The Morgan fingerprint density at radius 3 is 2.75 bits per heavy atom. The molecule has 82 valence electrons. The lowest BCUT2D eigenvalue weighted by Gasteiger charge is -2.33. The van der Waals surface area contributed by atoms with Crippen LogP contribution in [0.3, 0.4) is 0 Å². The van der Waals surface area contributed by atoms with Crippen molar-refractivity contribution in [1.82, 2.24) is 0 Å². The molecular formula is C15H16O. The van der Waals surface area contributed by atoms with Gasteiger partial charge in [-0.2, -0.15) is 0 Å². The third-order valence-corrected chi connectivity index (χ3v) is 3.36. The molecule has 0 saturated carbocycles. The van der Waals surface area contributed by atoms with Crippen molar-refractivity contribution in [3.05, 3.63) is 42.0 Å². The van der Waals surface area contributed by atoms with Crippen molar-refractivity contribution in [1.29, 1.82) is 0 Å². The lowest BCUT2D eigenvalue weighted by Crippen LogP contribution is -2.32. The fraction of sp³-hybridized carbons (Fsp3) is 0.333. The lowest BCUT2D eigenvalue weighted by atomic mass is 9.91. The summed E-state index contributed by atoms with van der Waals surface area (Å²) < 4.78 is 6.03. The highest BCUT2D eigenvalue weighted by molar-refractivity contribution is 5.88. The topological polar surface area (TPSA) is 9.23 Å². The van der Waals surface area contributed by atoms with E-state index in [9.17, 15) is 0 Å². The second-order valence-electron chi connectivity index (χ2n) is 5.13. The molecule has 0 bridgehead atoms. The van der Waals surface area contributed by atoms with E-state index in [0.29, 0.717) is 0 Å². The van der Waals surface area contributed by atoms with Gasteiger partial charge in [0.15, 0.2) is 0 Å². The summed E-state index contributed by atoms with van der Waals surface area (Å²) >= 11 is 0. The molecule has 1 heteroatoms. The number of rotatable bonds is 0. The van der Waals surface area contributed by atoms with E-state index in [4.69, 9.17) is 4.74 Å². The third kappa shape index (κ3) is 1.47. The molecule has 1 aliphatic rings. The predicted octanol–water partition coefficient (Wildman–Crippen LogP) is 3.94.